The van der Waals surface area contributed by atoms with Crippen molar-refractivity contribution in [3.8, 4) is 11.4 Å². The van der Waals surface area contributed by atoms with Gasteiger partial charge in [0.2, 0.25) is 5.95 Å². The molecule has 24 heavy (non-hydrogen) atoms. The summed E-state index contributed by atoms with van der Waals surface area (Å²) in [5, 5.41) is 22.7. The number of aryl methyl sites for hydroxylation is 1. The maximum absolute atomic E-state index is 11.2. The molecule has 0 spiro atoms. The zero-order chi connectivity index (χ0) is 17.3. The van der Waals surface area contributed by atoms with Gasteiger partial charge in [0.1, 0.15) is 0 Å². The normalized spacial score (nSPS) is 14.6. The minimum Gasteiger partial charge on any atom is -0.478 e. The third-order valence-electron chi connectivity index (χ3n) is 4.06. The lowest BCUT2D eigenvalue weighted by Gasteiger charge is -2.26. The highest BCUT2D eigenvalue weighted by Crippen LogP contribution is 2.24. The van der Waals surface area contributed by atoms with E-state index in [2.05, 4.69) is 15.0 Å². The predicted molar refractivity (Wildman–Crippen MR) is 86.4 cm³/mol. The quantitative estimate of drug-likeness (QED) is 0.880. The van der Waals surface area contributed by atoms with Crippen LogP contribution >= 0.6 is 0 Å². The Balaban J connectivity index is 2.02. The van der Waals surface area contributed by atoms with Gasteiger partial charge in [-0.1, -0.05) is 0 Å². The second-order valence-corrected chi connectivity index (χ2v) is 5.82. The Bertz CT molecular complexity index is 761. The van der Waals surface area contributed by atoms with E-state index in [1.54, 1.807) is 11.7 Å². The van der Waals surface area contributed by atoms with E-state index < -0.39 is 11.9 Å². The van der Waals surface area contributed by atoms with Crippen molar-refractivity contribution in [2.45, 2.75) is 19.3 Å². The van der Waals surface area contributed by atoms with Gasteiger partial charge in [0.15, 0.2) is 5.82 Å². The van der Waals surface area contributed by atoms with Crippen molar-refractivity contribution in [1.29, 1.82) is 0 Å². The first kappa shape index (κ1) is 16.0. The van der Waals surface area contributed by atoms with Gasteiger partial charge in [-0.15, -0.1) is 5.10 Å². The molecular formula is C16H18N4O4. The molecule has 1 aliphatic heterocycles. The highest BCUT2D eigenvalue weighted by Gasteiger charge is 2.20. The molecule has 0 atom stereocenters. The van der Waals surface area contributed by atoms with Gasteiger partial charge in [0, 0.05) is 25.7 Å². The lowest BCUT2D eigenvalue weighted by atomic mass is 10.1. The lowest BCUT2D eigenvalue weighted by Crippen LogP contribution is -2.31. The summed E-state index contributed by atoms with van der Waals surface area (Å²) >= 11 is 0. The van der Waals surface area contributed by atoms with E-state index in [0.717, 1.165) is 32.0 Å². The number of anilines is 1. The van der Waals surface area contributed by atoms with Crippen molar-refractivity contribution in [1.82, 2.24) is 14.8 Å². The number of aromatic nitrogens is 3. The molecule has 0 radical (unpaired) electrons. The Kier molecular flexibility index (Phi) is 4.20. The summed E-state index contributed by atoms with van der Waals surface area (Å²) in [5.74, 6) is -1.34. The van der Waals surface area contributed by atoms with Gasteiger partial charge in [-0.3, -0.25) is 0 Å². The Labute approximate surface area is 138 Å². The number of aromatic carboxylic acids is 2. The summed E-state index contributed by atoms with van der Waals surface area (Å²) in [5.41, 5.74) is 0.180. The molecule has 1 aromatic heterocycles. The molecule has 0 saturated carbocycles. The van der Waals surface area contributed by atoms with E-state index in [-0.39, 0.29) is 11.1 Å². The van der Waals surface area contributed by atoms with Gasteiger partial charge in [-0.25, -0.2) is 14.3 Å². The van der Waals surface area contributed by atoms with Crippen LogP contribution in [0.15, 0.2) is 18.2 Å². The SMILES string of the molecule is Cn1nc(-c2cc(C(=O)O)cc(C(=O)O)c2)nc1N1CCCCC1. The minimum atomic E-state index is -1.19. The summed E-state index contributed by atoms with van der Waals surface area (Å²) < 4.78 is 1.65. The second kappa shape index (κ2) is 6.31. The Morgan fingerprint density at radius 2 is 1.58 bits per heavy atom. The molecule has 0 bridgehead atoms. The van der Waals surface area contributed by atoms with Crippen LogP contribution in [0.3, 0.4) is 0 Å². The van der Waals surface area contributed by atoms with Crippen molar-refractivity contribution in [2.24, 2.45) is 7.05 Å². The Hall–Kier alpha value is -2.90. The zero-order valence-electron chi connectivity index (χ0n) is 13.3. The molecule has 8 heteroatoms. The number of carbonyl (C=O) groups is 2. The molecule has 1 aliphatic rings. The molecule has 8 nitrogen and oxygen atoms in total. The molecular weight excluding hydrogens is 312 g/mol. The van der Waals surface area contributed by atoms with Crippen molar-refractivity contribution in [3.05, 3.63) is 29.3 Å². The first-order chi connectivity index (χ1) is 11.5. The van der Waals surface area contributed by atoms with Crippen LogP contribution in [0, 0.1) is 0 Å². The van der Waals surface area contributed by atoms with Crippen molar-refractivity contribution < 1.29 is 19.8 Å². The van der Waals surface area contributed by atoms with Gasteiger partial charge in [0.25, 0.3) is 0 Å². The first-order valence-corrected chi connectivity index (χ1v) is 7.74. The Morgan fingerprint density at radius 3 is 2.12 bits per heavy atom. The number of benzene rings is 1. The number of hydrogen-bond donors (Lipinski definition) is 2. The van der Waals surface area contributed by atoms with Gasteiger partial charge < -0.3 is 15.1 Å². The maximum atomic E-state index is 11.2. The number of carboxylic acids is 2. The molecule has 0 unspecified atom stereocenters. The van der Waals surface area contributed by atoms with Crippen LogP contribution < -0.4 is 4.90 Å². The van der Waals surface area contributed by atoms with Crippen LogP contribution in [0.4, 0.5) is 5.95 Å². The van der Waals surface area contributed by atoms with Crippen LogP contribution in [0.1, 0.15) is 40.0 Å². The highest BCUT2D eigenvalue weighted by atomic mass is 16.4. The molecule has 2 heterocycles. The molecule has 126 valence electrons. The van der Waals surface area contributed by atoms with Crippen molar-refractivity contribution in [2.75, 3.05) is 18.0 Å². The van der Waals surface area contributed by atoms with E-state index in [9.17, 15) is 19.8 Å². The predicted octanol–water partition coefficient (Wildman–Crippen LogP) is 1.87. The fourth-order valence-electron chi connectivity index (χ4n) is 2.87. The molecule has 0 amide bonds. The molecule has 1 saturated heterocycles. The Morgan fingerprint density at radius 1 is 1.00 bits per heavy atom. The number of piperidine rings is 1. The van der Waals surface area contributed by atoms with Crippen LogP contribution in [-0.2, 0) is 7.05 Å². The molecule has 0 aliphatic carbocycles. The van der Waals surface area contributed by atoms with E-state index in [1.165, 1.54) is 18.6 Å². The van der Waals surface area contributed by atoms with Crippen LogP contribution in [0.5, 0.6) is 0 Å². The van der Waals surface area contributed by atoms with Gasteiger partial charge in [-0.05, 0) is 37.5 Å². The number of hydrogen-bond acceptors (Lipinski definition) is 5. The molecule has 3 rings (SSSR count). The van der Waals surface area contributed by atoms with E-state index in [0.29, 0.717) is 17.3 Å². The van der Waals surface area contributed by atoms with Crippen LogP contribution in [-0.4, -0.2) is 50.0 Å². The largest absolute Gasteiger partial charge is 0.478 e. The summed E-state index contributed by atoms with van der Waals surface area (Å²) in [6.07, 6.45) is 3.39. The summed E-state index contributed by atoms with van der Waals surface area (Å²) in [4.78, 5) is 29.1. The summed E-state index contributed by atoms with van der Waals surface area (Å²) in [7, 11) is 1.78. The molecule has 2 N–H and O–H groups in total. The molecule has 1 fully saturated rings. The standard InChI is InChI=1S/C16H18N4O4/c1-19-16(20-5-3-2-4-6-20)17-13(18-19)10-7-11(14(21)22)9-12(8-10)15(23)24/h7-9H,2-6H2,1H3,(H,21,22)(H,23,24). The van der Waals surface area contributed by atoms with Crippen molar-refractivity contribution >= 4 is 17.9 Å². The van der Waals surface area contributed by atoms with Gasteiger partial charge in [-0.2, -0.15) is 4.98 Å². The maximum Gasteiger partial charge on any atom is 0.335 e. The molecule has 1 aromatic carbocycles. The van der Waals surface area contributed by atoms with Gasteiger partial charge in [0.05, 0.1) is 11.1 Å². The average molecular weight is 330 g/mol. The summed E-state index contributed by atoms with van der Waals surface area (Å²) in [6, 6.07) is 3.91. The highest BCUT2D eigenvalue weighted by molar-refractivity contribution is 5.95. The minimum absolute atomic E-state index is 0.100. The molecule has 2 aromatic rings. The van der Waals surface area contributed by atoms with Crippen LogP contribution in [0.2, 0.25) is 0 Å². The third kappa shape index (κ3) is 3.08. The van der Waals surface area contributed by atoms with Crippen LogP contribution in [0.25, 0.3) is 11.4 Å². The van der Waals surface area contributed by atoms with Gasteiger partial charge >= 0.3 is 11.9 Å². The van der Waals surface area contributed by atoms with Crippen molar-refractivity contribution in [3.63, 3.8) is 0 Å². The monoisotopic (exact) mass is 330 g/mol. The first-order valence-electron chi connectivity index (χ1n) is 7.74. The fourth-order valence-corrected chi connectivity index (χ4v) is 2.87. The smallest absolute Gasteiger partial charge is 0.335 e. The zero-order valence-corrected chi connectivity index (χ0v) is 13.3. The van der Waals surface area contributed by atoms with E-state index >= 15 is 0 Å². The number of rotatable bonds is 4. The number of nitrogens with zero attached hydrogens (tertiary/aromatic N) is 4. The second-order valence-electron chi connectivity index (χ2n) is 5.82. The topological polar surface area (TPSA) is 109 Å². The number of carboxylic acid groups (broad SMARTS) is 2. The van der Waals surface area contributed by atoms with E-state index in [1.807, 2.05) is 0 Å². The fraction of sp³-hybridized carbons (Fsp3) is 0.375. The lowest BCUT2D eigenvalue weighted by molar-refractivity contribution is 0.0696. The van der Waals surface area contributed by atoms with E-state index in [4.69, 9.17) is 0 Å². The third-order valence-corrected chi connectivity index (χ3v) is 4.06. The summed E-state index contributed by atoms with van der Waals surface area (Å²) in [6.45, 7) is 1.81. The average Bonchev–Trinajstić information content (AvgIpc) is 2.97.